The summed E-state index contributed by atoms with van der Waals surface area (Å²) in [5.74, 6) is -2.91. The summed E-state index contributed by atoms with van der Waals surface area (Å²) in [4.78, 5) is -2.19. The van der Waals surface area contributed by atoms with Gasteiger partial charge in [0.25, 0.3) is 0 Å². The van der Waals surface area contributed by atoms with Gasteiger partial charge in [0, 0.05) is 6.54 Å². The van der Waals surface area contributed by atoms with E-state index in [1.54, 1.807) is 0 Å². The SMILES string of the molecule is O=S(=O)(OCCN([O-])S(=O)(=O)c1ccc(C(F)(F)F)cc1)c1c(F)cccc1F. The maximum Gasteiger partial charge on any atom is 0.416 e. The van der Waals surface area contributed by atoms with Crippen molar-refractivity contribution in [3.63, 3.8) is 0 Å². The highest BCUT2D eigenvalue weighted by Gasteiger charge is 2.31. The predicted octanol–water partition coefficient (Wildman–Crippen LogP) is 2.88. The second kappa shape index (κ2) is 8.31. The molecule has 2 aromatic carbocycles. The average molecular weight is 460 g/mol. The van der Waals surface area contributed by atoms with E-state index in [-0.39, 0.29) is 0 Å². The Balaban J connectivity index is 2.09. The van der Waals surface area contributed by atoms with Crippen molar-refractivity contribution in [1.82, 2.24) is 4.47 Å². The topological polar surface area (TPSA) is 104 Å². The summed E-state index contributed by atoms with van der Waals surface area (Å²) < 4.78 is 116. The molecule has 0 heterocycles. The number of alkyl halides is 3. The summed E-state index contributed by atoms with van der Waals surface area (Å²) in [5, 5.41) is 11.8. The Morgan fingerprint density at radius 1 is 0.931 bits per heavy atom. The monoisotopic (exact) mass is 460 g/mol. The van der Waals surface area contributed by atoms with E-state index in [1.807, 2.05) is 0 Å². The summed E-state index contributed by atoms with van der Waals surface area (Å²) in [5.41, 5.74) is -1.14. The quantitative estimate of drug-likeness (QED) is 0.358. The Kier molecular flexibility index (Phi) is 6.64. The number of rotatable bonds is 7. The number of nitrogens with zero attached hydrogens (tertiary/aromatic N) is 1. The molecule has 0 saturated carbocycles. The molecule has 29 heavy (non-hydrogen) atoms. The first-order valence-corrected chi connectivity index (χ1v) is 10.3. The fourth-order valence-electron chi connectivity index (χ4n) is 2.06. The van der Waals surface area contributed by atoms with Crippen LogP contribution in [0.15, 0.2) is 52.3 Å². The highest BCUT2D eigenvalue weighted by molar-refractivity contribution is 7.89. The smallest absolute Gasteiger partial charge is 0.416 e. The Labute approximate surface area is 162 Å². The molecule has 7 nitrogen and oxygen atoms in total. The van der Waals surface area contributed by atoms with E-state index >= 15 is 0 Å². The van der Waals surface area contributed by atoms with Gasteiger partial charge in [0.05, 0.1) is 17.1 Å². The lowest BCUT2D eigenvalue weighted by molar-refractivity contribution is -0.137. The maximum absolute atomic E-state index is 13.5. The van der Waals surface area contributed by atoms with Gasteiger partial charge in [-0.25, -0.2) is 17.2 Å². The van der Waals surface area contributed by atoms with Crippen LogP contribution in [0.25, 0.3) is 0 Å². The van der Waals surface area contributed by atoms with E-state index in [1.165, 1.54) is 0 Å². The van der Waals surface area contributed by atoms with Crippen LogP contribution in [0.3, 0.4) is 0 Å². The first-order valence-electron chi connectivity index (χ1n) is 7.47. The standard InChI is InChI=1S/C15H11F5NO6S2/c16-12-2-1-3-13(17)14(12)29(25,26)27-9-8-21(22)28(23,24)11-6-4-10(5-7-11)15(18,19)20/h1-7H,8-9H2/q-1. The van der Waals surface area contributed by atoms with Crippen LogP contribution in [0, 0.1) is 16.8 Å². The minimum Gasteiger partial charge on any atom is -0.772 e. The zero-order chi connectivity index (χ0) is 22.0. The highest BCUT2D eigenvalue weighted by Crippen LogP contribution is 2.30. The Morgan fingerprint density at radius 3 is 1.93 bits per heavy atom. The van der Waals surface area contributed by atoms with E-state index in [2.05, 4.69) is 4.18 Å². The molecule has 0 bridgehead atoms. The molecule has 0 fully saturated rings. The molecule has 0 amide bonds. The van der Waals surface area contributed by atoms with Crippen LogP contribution in [0.2, 0.25) is 0 Å². The lowest BCUT2D eigenvalue weighted by atomic mass is 10.2. The van der Waals surface area contributed by atoms with Gasteiger partial charge < -0.3 is 5.21 Å². The molecule has 160 valence electrons. The zero-order valence-corrected chi connectivity index (χ0v) is 15.7. The Morgan fingerprint density at radius 2 is 1.45 bits per heavy atom. The number of hydrogen-bond acceptors (Lipinski definition) is 6. The molecule has 0 N–H and O–H groups in total. The molecule has 0 atom stereocenters. The van der Waals surface area contributed by atoms with Crippen LogP contribution >= 0.6 is 0 Å². The second-order valence-electron chi connectivity index (χ2n) is 5.38. The van der Waals surface area contributed by atoms with Gasteiger partial charge in [-0.1, -0.05) is 6.07 Å². The van der Waals surface area contributed by atoms with Crippen molar-refractivity contribution in [2.45, 2.75) is 16.0 Å². The van der Waals surface area contributed by atoms with E-state index in [4.69, 9.17) is 0 Å². The van der Waals surface area contributed by atoms with Gasteiger partial charge in [-0.15, -0.1) is 0 Å². The molecule has 0 unspecified atom stereocenters. The lowest BCUT2D eigenvalue weighted by Crippen LogP contribution is -2.29. The fraction of sp³-hybridized carbons (Fsp3) is 0.200. The van der Waals surface area contributed by atoms with Crippen molar-refractivity contribution in [1.29, 1.82) is 0 Å². The third-order valence-electron chi connectivity index (χ3n) is 3.43. The van der Waals surface area contributed by atoms with Crippen molar-refractivity contribution in [2.75, 3.05) is 13.2 Å². The van der Waals surface area contributed by atoms with Crippen LogP contribution in [0.4, 0.5) is 22.0 Å². The summed E-state index contributed by atoms with van der Waals surface area (Å²) in [7, 11) is -9.80. The number of halogens is 5. The number of sulfonamides is 1. The number of hydroxylamine groups is 1. The average Bonchev–Trinajstić information content (AvgIpc) is 2.60. The van der Waals surface area contributed by atoms with Gasteiger partial charge in [0.2, 0.25) is 10.0 Å². The van der Waals surface area contributed by atoms with Gasteiger partial charge in [0.1, 0.15) is 11.6 Å². The zero-order valence-electron chi connectivity index (χ0n) is 14.1. The van der Waals surface area contributed by atoms with Crippen molar-refractivity contribution in [2.24, 2.45) is 0 Å². The fourth-order valence-corrected chi connectivity index (χ4v) is 4.11. The van der Waals surface area contributed by atoms with Crippen molar-refractivity contribution >= 4 is 20.1 Å². The number of benzene rings is 2. The second-order valence-corrected chi connectivity index (χ2v) is 8.76. The van der Waals surface area contributed by atoms with Gasteiger partial charge in [0.15, 0.2) is 4.90 Å². The molecule has 0 aromatic heterocycles. The molecule has 0 spiro atoms. The summed E-state index contributed by atoms with van der Waals surface area (Å²) in [6, 6.07) is 4.19. The van der Waals surface area contributed by atoms with Crippen LogP contribution in [0.1, 0.15) is 5.56 Å². The van der Waals surface area contributed by atoms with Gasteiger partial charge in [-0.3, -0.25) is 8.65 Å². The van der Waals surface area contributed by atoms with Crippen LogP contribution in [0.5, 0.6) is 0 Å². The number of hydrogen-bond donors (Lipinski definition) is 0. The maximum atomic E-state index is 13.5. The van der Waals surface area contributed by atoms with E-state index < -0.39 is 70.9 Å². The van der Waals surface area contributed by atoms with Crippen LogP contribution in [-0.2, 0) is 30.5 Å². The molecule has 0 radical (unpaired) electrons. The van der Waals surface area contributed by atoms with Crippen LogP contribution < -0.4 is 0 Å². The summed E-state index contributed by atoms with van der Waals surface area (Å²) in [6.07, 6.45) is -4.72. The molecule has 0 saturated heterocycles. The minimum atomic E-state index is -4.98. The predicted molar refractivity (Wildman–Crippen MR) is 88.2 cm³/mol. The molecule has 14 heteroatoms. The Bertz CT molecular complexity index is 1060. The van der Waals surface area contributed by atoms with Gasteiger partial charge in [-0.05, 0) is 36.4 Å². The largest absolute Gasteiger partial charge is 0.772 e. The molecule has 2 aromatic rings. The summed E-state index contributed by atoms with van der Waals surface area (Å²) >= 11 is 0. The van der Waals surface area contributed by atoms with E-state index in [0.717, 1.165) is 6.07 Å². The molecular weight excluding hydrogens is 449 g/mol. The molecule has 0 aliphatic heterocycles. The molecule has 0 aliphatic rings. The van der Waals surface area contributed by atoms with Gasteiger partial charge in [-0.2, -0.15) is 21.6 Å². The van der Waals surface area contributed by atoms with E-state index in [0.29, 0.717) is 36.4 Å². The molecule has 2 rings (SSSR count). The summed E-state index contributed by atoms with van der Waals surface area (Å²) in [6.45, 7) is -2.21. The van der Waals surface area contributed by atoms with Crippen molar-refractivity contribution < 1.29 is 43.0 Å². The molecule has 0 aliphatic carbocycles. The molecular formula is C15H11F5NO6S2-. The third kappa shape index (κ3) is 5.27. The van der Waals surface area contributed by atoms with Crippen molar-refractivity contribution in [3.8, 4) is 0 Å². The minimum absolute atomic E-state index is 0.447. The van der Waals surface area contributed by atoms with Crippen molar-refractivity contribution in [3.05, 3.63) is 64.9 Å². The van der Waals surface area contributed by atoms with Crippen LogP contribution in [-0.4, -0.2) is 34.5 Å². The highest BCUT2D eigenvalue weighted by atomic mass is 32.2. The van der Waals surface area contributed by atoms with Gasteiger partial charge >= 0.3 is 16.3 Å². The lowest BCUT2D eigenvalue weighted by Gasteiger charge is -2.27. The normalized spacial score (nSPS) is 13.1. The first kappa shape index (κ1) is 23.2. The van der Waals surface area contributed by atoms with E-state index in [9.17, 15) is 44.0 Å². The Hall–Kier alpha value is -2.13. The first-order chi connectivity index (χ1) is 13.3. The third-order valence-corrected chi connectivity index (χ3v) is 6.38.